The summed E-state index contributed by atoms with van der Waals surface area (Å²) in [6.07, 6.45) is 1.48. The summed E-state index contributed by atoms with van der Waals surface area (Å²) < 4.78 is 0. The molecule has 0 heterocycles. The molecule has 0 saturated heterocycles. The van der Waals surface area contributed by atoms with E-state index in [9.17, 15) is 0 Å². The standard InChI is InChI=1S/C10H27N5/c1-4-7(12)10(15,8(13)5-2)9(14)6(3)11/h6-9H,4-5,11-15H2,1-3H3. The van der Waals surface area contributed by atoms with E-state index in [0.29, 0.717) is 0 Å². The lowest BCUT2D eigenvalue weighted by atomic mass is 9.74. The van der Waals surface area contributed by atoms with Gasteiger partial charge in [-0.25, -0.2) is 0 Å². The summed E-state index contributed by atoms with van der Waals surface area (Å²) in [4.78, 5) is 0. The van der Waals surface area contributed by atoms with Crippen molar-refractivity contribution < 1.29 is 0 Å². The molecule has 5 nitrogen and oxygen atoms in total. The molecule has 5 heteroatoms. The first-order valence-electron chi connectivity index (χ1n) is 5.63. The van der Waals surface area contributed by atoms with Crippen LogP contribution in [0.25, 0.3) is 0 Å². The van der Waals surface area contributed by atoms with Gasteiger partial charge >= 0.3 is 0 Å². The van der Waals surface area contributed by atoms with E-state index >= 15 is 0 Å². The summed E-state index contributed by atoms with van der Waals surface area (Å²) in [5.41, 5.74) is 29.4. The SMILES string of the molecule is CCC(N)C(N)(C(N)CC)C(N)C(C)N. The summed E-state index contributed by atoms with van der Waals surface area (Å²) >= 11 is 0. The summed E-state index contributed by atoms with van der Waals surface area (Å²) in [5.74, 6) is 0. The second kappa shape index (κ2) is 5.77. The smallest absolute Gasteiger partial charge is 0.0628 e. The Morgan fingerprint density at radius 2 is 1.27 bits per heavy atom. The highest BCUT2D eigenvalue weighted by molar-refractivity contribution is 5.10. The maximum Gasteiger partial charge on any atom is 0.0628 e. The predicted molar refractivity (Wildman–Crippen MR) is 65.1 cm³/mol. The zero-order valence-corrected chi connectivity index (χ0v) is 10.1. The van der Waals surface area contributed by atoms with E-state index in [2.05, 4.69) is 0 Å². The molecule has 0 aliphatic heterocycles. The van der Waals surface area contributed by atoms with Crippen molar-refractivity contribution in [1.29, 1.82) is 0 Å². The fraction of sp³-hybridized carbons (Fsp3) is 1.00. The summed E-state index contributed by atoms with van der Waals surface area (Å²) in [5, 5.41) is 0. The first kappa shape index (κ1) is 14.8. The van der Waals surface area contributed by atoms with Crippen LogP contribution in [0.5, 0.6) is 0 Å². The topological polar surface area (TPSA) is 130 Å². The quantitative estimate of drug-likeness (QED) is 0.383. The zero-order chi connectivity index (χ0) is 12.2. The lowest BCUT2D eigenvalue weighted by molar-refractivity contribution is 0.207. The molecule has 0 spiro atoms. The van der Waals surface area contributed by atoms with Crippen molar-refractivity contribution in [1.82, 2.24) is 0 Å². The van der Waals surface area contributed by atoms with Crippen LogP contribution in [0.3, 0.4) is 0 Å². The van der Waals surface area contributed by atoms with Gasteiger partial charge in [-0.05, 0) is 19.8 Å². The Kier molecular flexibility index (Phi) is 5.69. The van der Waals surface area contributed by atoms with Gasteiger partial charge in [0.05, 0.1) is 5.54 Å². The first-order chi connectivity index (χ1) is 6.82. The molecule has 0 amide bonds. The van der Waals surface area contributed by atoms with E-state index in [4.69, 9.17) is 28.7 Å². The predicted octanol–water partition coefficient (Wildman–Crippen LogP) is -1.17. The monoisotopic (exact) mass is 217 g/mol. The van der Waals surface area contributed by atoms with Gasteiger partial charge in [0.25, 0.3) is 0 Å². The third-order valence-corrected chi connectivity index (χ3v) is 3.31. The molecule has 0 bridgehead atoms. The van der Waals surface area contributed by atoms with Crippen LogP contribution in [0.1, 0.15) is 33.6 Å². The minimum atomic E-state index is -0.794. The zero-order valence-electron chi connectivity index (χ0n) is 10.1. The first-order valence-corrected chi connectivity index (χ1v) is 5.63. The third-order valence-electron chi connectivity index (χ3n) is 3.31. The normalized spacial score (nSPS) is 24.0. The van der Waals surface area contributed by atoms with Crippen molar-refractivity contribution in [2.45, 2.75) is 63.3 Å². The second-order valence-electron chi connectivity index (χ2n) is 4.41. The molecular formula is C10H27N5. The van der Waals surface area contributed by atoms with Crippen molar-refractivity contribution >= 4 is 0 Å². The van der Waals surface area contributed by atoms with Gasteiger partial charge in [-0.2, -0.15) is 0 Å². The lowest BCUT2D eigenvalue weighted by Gasteiger charge is -2.45. The number of nitrogens with two attached hydrogens (primary N) is 5. The van der Waals surface area contributed by atoms with Crippen LogP contribution in [0.15, 0.2) is 0 Å². The van der Waals surface area contributed by atoms with E-state index in [1.165, 1.54) is 0 Å². The lowest BCUT2D eigenvalue weighted by Crippen LogP contribution is -2.76. The molecule has 4 unspecified atom stereocenters. The van der Waals surface area contributed by atoms with Gasteiger partial charge in [0.2, 0.25) is 0 Å². The summed E-state index contributed by atoms with van der Waals surface area (Å²) in [6, 6.07) is -1.06. The Balaban J connectivity index is 5.00. The minimum absolute atomic E-state index is 0.217. The molecule has 15 heavy (non-hydrogen) atoms. The van der Waals surface area contributed by atoms with Gasteiger partial charge < -0.3 is 28.7 Å². The largest absolute Gasteiger partial charge is 0.326 e. The summed E-state index contributed by atoms with van der Waals surface area (Å²) in [7, 11) is 0. The van der Waals surface area contributed by atoms with Gasteiger partial charge in [0, 0.05) is 24.2 Å². The molecule has 0 saturated carbocycles. The highest BCUT2D eigenvalue weighted by Gasteiger charge is 2.43. The van der Waals surface area contributed by atoms with E-state index in [0.717, 1.165) is 12.8 Å². The van der Waals surface area contributed by atoms with Crippen molar-refractivity contribution in [2.75, 3.05) is 0 Å². The molecule has 4 atom stereocenters. The Labute approximate surface area is 92.7 Å². The van der Waals surface area contributed by atoms with E-state index < -0.39 is 5.54 Å². The number of hydrogen-bond acceptors (Lipinski definition) is 5. The van der Waals surface area contributed by atoms with Crippen LogP contribution in [-0.2, 0) is 0 Å². The molecule has 0 aromatic carbocycles. The highest BCUT2D eigenvalue weighted by Crippen LogP contribution is 2.19. The van der Waals surface area contributed by atoms with Crippen molar-refractivity contribution in [3.05, 3.63) is 0 Å². The molecule has 10 N–H and O–H groups in total. The summed E-state index contributed by atoms with van der Waals surface area (Å²) in [6.45, 7) is 5.78. The molecule has 92 valence electrons. The molecule has 0 aromatic rings. The third kappa shape index (κ3) is 2.89. The van der Waals surface area contributed by atoms with Gasteiger partial charge in [0.1, 0.15) is 0 Å². The fourth-order valence-electron chi connectivity index (χ4n) is 1.93. The minimum Gasteiger partial charge on any atom is -0.326 e. The van der Waals surface area contributed by atoms with Gasteiger partial charge in [0.15, 0.2) is 0 Å². The average molecular weight is 217 g/mol. The van der Waals surface area contributed by atoms with E-state index in [1.54, 1.807) is 0 Å². The molecule has 0 rings (SSSR count). The fourth-order valence-corrected chi connectivity index (χ4v) is 1.93. The van der Waals surface area contributed by atoms with Crippen LogP contribution in [0.4, 0.5) is 0 Å². The van der Waals surface area contributed by atoms with Gasteiger partial charge in [-0.3, -0.25) is 0 Å². The molecule has 0 aromatic heterocycles. The second-order valence-corrected chi connectivity index (χ2v) is 4.41. The maximum absolute atomic E-state index is 6.30. The molecule has 0 aliphatic rings. The van der Waals surface area contributed by atoms with Crippen LogP contribution in [-0.4, -0.2) is 29.7 Å². The van der Waals surface area contributed by atoms with Crippen molar-refractivity contribution in [3.63, 3.8) is 0 Å². The van der Waals surface area contributed by atoms with E-state index in [1.807, 2.05) is 20.8 Å². The van der Waals surface area contributed by atoms with Crippen LogP contribution in [0.2, 0.25) is 0 Å². The average Bonchev–Trinajstić information content (AvgIpc) is 2.24. The van der Waals surface area contributed by atoms with Crippen LogP contribution in [0, 0.1) is 0 Å². The molecule has 0 aliphatic carbocycles. The molecular weight excluding hydrogens is 190 g/mol. The molecule has 0 fully saturated rings. The molecule has 0 radical (unpaired) electrons. The maximum atomic E-state index is 6.30. The Morgan fingerprint density at radius 1 is 0.933 bits per heavy atom. The number of hydrogen-bond donors (Lipinski definition) is 5. The van der Waals surface area contributed by atoms with Gasteiger partial charge in [-0.15, -0.1) is 0 Å². The Bertz CT molecular complexity index is 173. The van der Waals surface area contributed by atoms with Crippen LogP contribution < -0.4 is 28.7 Å². The van der Waals surface area contributed by atoms with Crippen molar-refractivity contribution in [2.24, 2.45) is 28.7 Å². The Morgan fingerprint density at radius 3 is 1.47 bits per heavy atom. The number of rotatable bonds is 6. The van der Waals surface area contributed by atoms with Crippen LogP contribution >= 0.6 is 0 Å². The van der Waals surface area contributed by atoms with Gasteiger partial charge in [-0.1, -0.05) is 13.8 Å². The van der Waals surface area contributed by atoms with Crippen molar-refractivity contribution in [3.8, 4) is 0 Å². The highest BCUT2D eigenvalue weighted by atomic mass is 15.0. The Hall–Kier alpha value is -0.200. The van der Waals surface area contributed by atoms with E-state index in [-0.39, 0.29) is 24.2 Å².